The first-order valence-electron chi connectivity index (χ1n) is 7.25. The summed E-state index contributed by atoms with van der Waals surface area (Å²) in [4.78, 5) is 13.0. The summed E-state index contributed by atoms with van der Waals surface area (Å²) in [6.45, 7) is 0. The fraction of sp³-hybridized carbons (Fsp3) is 0.125. The van der Waals surface area contributed by atoms with Gasteiger partial charge >= 0.3 is 0 Å². The number of thioether (sulfide) groups is 1. The first-order valence-corrected chi connectivity index (χ1v) is 9.91. The zero-order valence-electron chi connectivity index (χ0n) is 13.2. The largest absolute Gasteiger partial charge is 0.312 e. The van der Waals surface area contributed by atoms with Gasteiger partial charge in [-0.1, -0.05) is 23.9 Å². The van der Waals surface area contributed by atoms with Crippen molar-refractivity contribution in [2.45, 2.75) is 10.9 Å². The maximum absolute atomic E-state index is 12.1. The fourth-order valence-electron chi connectivity index (χ4n) is 1.92. The van der Waals surface area contributed by atoms with Crippen molar-refractivity contribution >= 4 is 51.2 Å². The van der Waals surface area contributed by atoms with Crippen LogP contribution in [-0.4, -0.2) is 26.9 Å². The lowest BCUT2D eigenvalue weighted by Gasteiger charge is -2.03. The number of amides is 1. The molecule has 0 unspecified atom stereocenters. The topological polar surface area (TPSA) is 72.2 Å². The zero-order valence-corrected chi connectivity index (χ0v) is 16.4. The fourth-order valence-corrected chi connectivity index (χ4v) is 4.07. The van der Waals surface area contributed by atoms with Crippen molar-refractivity contribution < 1.29 is 4.79 Å². The Morgan fingerprint density at radius 2 is 2.24 bits per heavy atom. The maximum Gasteiger partial charge on any atom is 0.271 e. The Labute approximate surface area is 161 Å². The number of hydrogen-bond donors (Lipinski definition) is 1. The number of aromatic nitrogens is 3. The second-order valence-corrected chi connectivity index (χ2v) is 7.88. The number of hydrazone groups is 1. The third-order valence-electron chi connectivity index (χ3n) is 3.20. The standard InChI is InChI=1S/C16H14BrN5OS2/c1-22-10-19-21-16(22)25-8-11-2-4-12(5-3-11)15(23)20-18-7-14-6-13(17)9-24-14/h2-7,9-10H,8H2,1H3,(H,20,23)/b18-7+. The zero-order chi connectivity index (χ0) is 17.6. The second-order valence-electron chi connectivity index (χ2n) is 5.08. The van der Waals surface area contributed by atoms with Crippen molar-refractivity contribution in [3.63, 3.8) is 0 Å². The minimum Gasteiger partial charge on any atom is -0.312 e. The molecule has 128 valence electrons. The van der Waals surface area contributed by atoms with E-state index in [1.54, 1.807) is 47.8 Å². The number of aryl methyl sites for hydroxylation is 1. The summed E-state index contributed by atoms with van der Waals surface area (Å²) >= 11 is 6.52. The van der Waals surface area contributed by atoms with E-state index in [9.17, 15) is 4.79 Å². The Kier molecular flexibility index (Phi) is 6.00. The number of carbonyl (C=O) groups excluding carboxylic acids is 1. The average Bonchev–Trinajstić information content (AvgIpc) is 3.21. The van der Waals surface area contributed by atoms with Crippen LogP contribution in [0.5, 0.6) is 0 Å². The average molecular weight is 436 g/mol. The minimum atomic E-state index is -0.237. The van der Waals surface area contributed by atoms with Crippen LogP contribution in [0.25, 0.3) is 0 Å². The lowest BCUT2D eigenvalue weighted by molar-refractivity contribution is 0.0955. The van der Waals surface area contributed by atoms with E-state index in [2.05, 4.69) is 36.7 Å². The summed E-state index contributed by atoms with van der Waals surface area (Å²) in [6.07, 6.45) is 3.30. The molecule has 3 aromatic rings. The molecule has 0 atom stereocenters. The van der Waals surface area contributed by atoms with Gasteiger partial charge in [0, 0.05) is 33.1 Å². The van der Waals surface area contributed by atoms with E-state index >= 15 is 0 Å². The van der Waals surface area contributed by atoms with Gasteiger partial charge < -0.3 is 4.57 Å². The van der Waals surface area contributed by atoms with Crippen LogP contribution in [0, 0.1) is 0 Å². The third-order valence-corrected chi connectivity index (χ3v) is 5.93. The molecule has 0 aliphatic carbocycles. The van der Waals surface area contributed by atoms with E-state index in [0.29, 0.717) is 5.56 Å². The molecule has 1 N–H and O–H groups in total. The quantitative estimate of drug-likeness (QED) is 0.364. The maximum atomic E-state index is 12.1. The molecule has 0 saturated heterocycles. The molecule has 0 saturated carbocycles. The first kappa shape index (κ1) is 17.8. The Bertz CT molecular complexity index is 888. The Hall–Kier alpha value is -1.97. The molecule has 0 aliphatic rings. The lowest BCUT2D eigenvalue weighted by atomic mass is 10.1. The number of rotatable bonds is 6. The van der Waals surface area contributed by atoms with Crippen molar-refractivity contribution in [2.24, 2.45) is 12.1 Å². The van der Waals surface area contributed by atoms with Gasteiger partial charge in [0.2, 0.25) is 0 Å². The SMILES string of the molecule is Cn1cnnc1SCc1ccc(C(=O)N/N=C/c2cc(Br)cs2)cc1. The first-order chi connectivity index (χ1) is 12.1. The molecule has 25 heavy (non-hydrogen) atoms. The molecule has 2 heterocycles. The highest BCUT2D eigenvalue weighted by Gasteiger charge is 2.06. The van der Waals surface area contributed by atoms with Crippen LogP contribution < -0.4 is 5.43 Å². The molecule has 0 bridgehead atoms. The van der Waals surface area contributed by atoms with Crippen molar-refractivity contribution in [3.05, 3.63) is 62.5 Å². The van der Waals surface area contributed by atoms with Gasteiger partial charge in [0.15, 0.2) is 5.16 Å². The second kappa shape index (κ2) is 8.41. The number of nitrogens with one attached hydrogen (secondary N) is 1. The van der Waals surface area contributed by atoms with Crippen LogP contribution in [0.15, 0.2) is 56.8 Å². The summed E-state index contributed by atoms with van der Waals surface area (Å²) in [5.74, 6) is 0.527. The number of carbonyl (C=O) groups is 1. The molecule has 1 aromatic carbocycles. The predicted molar refractivity (Wildman–Crippen MR) is 104 cm³/mol. The predicted octanol–water partition coefficient (Wildman–Crippen LogP) is 3.70. The molecular formula is C16H14BrN5OS2. The van der Waals surface area contributed by atoms with Gasteiger partial charge in [0.25, 0.3) is 5.91 Å². The monoisotopic (exact) mass is 435 g/mol. The van der Waals surface area contributed by atoms with Crippen LogP contribution in [-0.2, 0) is 12.8 Å². The van der Waals surface area contributed by atoms with E-state index in [4.69, 9.17) is 0 Å². The Morgan fingerprint density at radius 1 is 1.44 bits per heavy atom. The van der Waals surface area contributed by atoms with Crippen molar-refractivity contribution in [3.8, 4) is 0 Å². The van der Waals surface area contributed by atoms with E-state index in [-0.39, 0.29) is 5.91 Å². The van der Waals surface area contributed by atoms with Gasteiger partial charge in [0.1, 0.15) is 6.33 Å². The van der Waals surface area contributed by atoms with E-state index < -0.39 is 0 Å². The molecule has 6 nitrogen and oxygen atoms in total. The Morgan fingerprint density at radius 3 is 2.88 bits per heavy atom. The van der Waals surface area contributed by atoms with Crippen LogP contribution >= 0.6 is 39.0 Å². The van der Waals surface area contributed by atoms with Crippen LogP contribution in [0.4, 0.5) is 0 Å². The van der Waals surface area contributed by atoms with E-state index in [1.807, 2.05) is 35.2 Å². The smallest absolute Gasteiger partial charge is 0.271 e. The summed E-state index contributed by atoms with van der Waals surface area (Å²) in [5, 5.41) is 14.7. The van der Waals surface area contributed by atoms with Gasteiger partial charge in [0.05, 0.1) is 6.21 Å². The van der Waals surface area contributed by atoms with E-state index in [0.717, 1.165) is 25.8 Å². The molecule has 0 fully saturated rings. The normalized spacial score (nSPS) is 11.1. The summed E-state index contributed by atoms with van der Waals surface area (Å²) in [6, 6.07) is 9.37. The highest BCUT2D eigenvalue weighted by Crippen LogP contribution is 2.20. The highest BCUT2D eigenvalue weighted by atomic mass is 79.9. The lowest BCUT2D eigenvalue weighted by Crippen LogP contribution is -2.17. The minimum absolute atomic E-state index is 0.237. The van der Waals surface area contributed by atoms with Crippen molar-refractivity contribution in [1.82, 2.24) is 20.2 Å². The van der Waals surface area contributed by atoms with Gasteiger partial charge in [-0.25, -0.2) is 5.43 Å². The molecule has 0 radical (unpaired) electrons. The molecule has 0 spiro atoms. The number of halogens is 1. The highest BCUT2D eigenvalue weighted by molar-refractivity contribution is 9.10. The molecule has 2 aromatic heterocycles. The van der Waals surface area contributed by atoms with Crippen molar-refractivity contribution in [1.29, 1.82) is 0 Å². The number of nitrogens with zero attached hydrogens (tertiary/aromatic N) is 4. The van der Waals surface area contributed by atoms with Gasteiger partial charge in [-0.05, 0) is 39.7 Å². The van der Waals surface area contributed by atoms with Gasteiger partial charge in [-0.3, -0.25) is 4.79 Å². The molecule has 1 amide bonds. The molecule has 3 rings (SSSR count). The third kappa shape index (κ3) is 5.00. The Balaban J connectivity index is 1.53. The van der Waals surface area contributed by atoms with E-state index in [1.165, 1.54) is 0 Å². The number of benzene rings is 1. The molecular weight excluding hydrogens is 422 g/mol. The van der Waals surface area contributed by atoms with Crippen LogP contribution in [0.3, 0.4) is 0 Å². The van der Waals surface area contributed by atoms with Crippen LogP contribution in [0.1, 0.15) is 20.8 Å². The van der Waals surface area contributed by atoms with Crippen LogP contribution in [0.2, 0.25) is 0 Å². The summed E-state index contributed by atoms with van der Waals surface area (Å²) in [7, 11) is 1.91. The van der Waals surface area contributed by atoms with Gasteiger partial charge in [-0.15, -0.1) is 21.5 Å². The number of hydrogen-bond acceptors (Lipinski definition) is 6. The molecule has 9 heteroatoms. The van der Waals surface area contributed by atoms with Gasteiger partial charge in [-0.2, -0.15) is 5.10 Å². The summed E-state index contributed by atoms with van der Waals surface area (Å²) < 4.78 is 2.87. The molecule has 0 aliphatic heterocycles. The summed E-state index contributed by atoms with van der Waals surface area (Å²) in [5.41, 5.74) is 4.21. The number of thiophene rings is 1. The van der Waals surface area contributed by atoms with Crippen molar-refractivity contribution in [2.75, 3.05) is 0 Å².